The summed E-state index contributed by atoms with van der Waals surface area (Å²) in [6, 6.07) is 5.95. The third-order valence-electron chi connectivity index (χ3n) is 1.95. The van der Waals surface area contributed by atoms with E-state index in [0.717, 1.165) is 0 Å². The van der Waals surface area contributed by atoms with E-state index in [-0.39, 0.29) is 5.69 Å². The zero-order chi connectivity index (χ0) is 10.6. The fourth-order valence-corrected chi connectivity index (χ4v) is 1.18. The lowest BCUT2D eigenvalue weighted by Crippen LogP contribution is -2.80. The molecule has 0 aliphatic rings. The Hall–Kier alpha value is -1.46. The van der Waals surface area contributed by atoms with E-state index < -0.39 is 11.0 Å². The van der Waals surface area contributed by atoms with Crippen molar-refractivity contribution in [3.63, 3.8) is 0 Å². The normalized spacial score (nSPS) is 12.4. The second-order valence-corrected chi connectivity index (χ2v) is 3.01. The summed E-state index contributed by atoms with van der Waals surface area (Å²) in [6.07, 6.45) is -0.569. The van der Waals surface area contributed by atoms with Gasteiger partial charge in [-0.25, -0.2) is 0 Å². The Morgan fingerprint density at radius 3 is 2.50 bits per heavy atom. The minimum Gasteiger partial charge on any atom is -0.382 e. The van der Waals surface area contributed by atoms with Crippen LogP contribution in [0.5, 0.6) is 0 Å². The molecule has 0 aliphatic carbocycles. The number of hydrogen-bond acceptors (Lipinski definition) is 3. The molecule has 5 heteroatoms. The number of benzene rings is 1. The van der Waals surface area contributed by atoms with Crippen molar-refractivity contribution in [1.82, 2.24) is 0 Å². The minimum atomic E-state index is -0.569. The van der Waals surface area contributed by atoms with E-state index in [0.29, 0.717) is 12.1 Å². The standard InChI is InChI=1S/C9H12N2O3/c1-10-6-9(12)7-2-4-8(5-3-7)11(13)14/h2-5,9-10,12H,6H2,1H3/p+1/t9-/m1/s1. The molecule has 5 nitrogen and oxygen atoms in total. The van der Waals surface area contributed by atoms with Gasteiger partial charge >= 0.3 is 0 Å². The Labute approximate surface area is 81.5 Å². The van der Waals surface area contributed by atoms with E-state index in [2.05, 4.69) is 0 Å². The first-order valence-corrected chi connectivity index (χ1v) is 4.35. The van der Waals surface area contributed by atoms with Crippen LogP contribution in [0.15, 0.2) is 24.3 Å². The van der Waals surface area contributed by atoms with Crippen LogP contribution in [0, 0.1) is 10.1 Å². The molecule has 0 fully saturated rings. The smallest absolute Gasteiger partial charge is 0.269 e. The minimum absolute atomic E-state index is 0.0430. The average molecular weight is 197 g/mol. The molecule has 1 atom stereocenters. The van der Waals surface area contributed by atoms with Crippen LogP contribution in [-0.4, -0.2) is 23.6 Å². The van der Waals surface area contributed by atoms with Gasteiger partial charge < -0.3 is 10.4 Å². The summed E-state index contributed by atoms with van der Waals surface area (Å²) >= 11 is 0. The highest BCUT2D eigenvalue weighted by Gasteiger charge is 2.10. The highest BCUT2D eigenvalue weighted by molar-refractivity contribution is 5.33. The Morgan fingerprint density at radius 1 is 1.50 bits per heavy atom. The van der Waals surface area contributed by atoms with Crippen molar-refractivity contribution in [3.05, 3.63) is 39.9 Å². The number of rotatable bonds is 4. The van der Waals surface area contributed by atoms with Crippen molar-refractivity contribution >= 4 is 5.69 Å². The molecule has 1 aromatic rings. The lowest BCUT2D eigenvalue weighted by Gasteiger charge is -2.06. The predicted molar refractivity (Wildman–Crippen MR) is 50.8 cm³/mol. The van der Waals surface area contributed by atoms with Gasteiger partial charge in [0.15, 0.2) is 0 Å². The molecule has 0 saturated carbocycles. The highest BCUT2D eigenvalue weighted by atomic mass is 16.6. The highest BCUT2D eigenvalue weighted by Crippen LogP contribution is 2.16. The maximum atomic E-state index is 10.3. The monoisotopic (exact) mass is 197 g/mol. The molecule has 0 radical (unpaired) electrons. The van der Waals surface area contributed by atoms with E-state index in [9.17, 15) is 15.2 Å². The van der Waals surface area contributed by atoms with E-state index in [1.165, 1.54) is 12.1 Å². The van der Waals surface area contributed by atoms with Crippen molar-refractivity contribution in [3.8, 4) is 0 Å². The maximum absolute atomic E-state index is 10.3. The van der Waals surface area contributed by atoms with Gasteiger partial charge in [-0.3, -0.25) is 10.1 Å². The van der Waals surface area contributed by atoms with Gasteiger partial charge in [-0.15, -0.1) is 0 Å². The van der Waals surface area contributed by atoms with Gasteiger partial charge in [0.2, 0.25) is 0 Å². The van der Waals surface area contributed by atoms with Gasteiger partial charge in [0, 0.05) is 12.1 Å². The van der Waals surface area contributed by atoms with E-state index in [1.54, 1.807) is 12.1 Å². The quantitative estimate of drug-likeness (QED) is 0.519. The molecule has 0 bridgehead atoms. The van der Waals surface area contributed by atoms with Crippen LogP contribution in [0.1, 0.15) is 11.7 Å². The third kappa shape index (κ3) is 2.51. The summed E-state index contributed by atoms with van der Waals surface area (Å²) in [4.78, 5) is 9.89. The first-order valence-electron chi connectivity index (χ1n) is 4.35. The van der Waals surface area contributed by atoms with Crippen LogP contribution in [0.2, 0.25) is 0 Å². The number of nitrogens with two attached hydrogens (primary N) is 1. The molecule has 0 unspecified atom stereocenters. The molecule has 14 heavy (non-hydrogen) atoms. The molecule has 0 aromatic heterocycles. The van der Waals surface area contributed by atoms with Crippen molar-refractivity contribution in [2.75, 3.05) is 13.6 Å². The largest absolute Gasteiger partial charge is 0.382 e. The number of nitrogens with zero attached hydrogens (tertiary/aromatic N) is 1. The summed E-state index contributed by atoms with van der Waals surface area (Å²) < 4.78 is 0. The third-order valence-corrected chi connectivity index (χ3v) is 1.95. The molecule has 1 aromatic carbocycles. The Morgan fingerprint density at radius 2 is 2.07 bits per heavy atom. The summed E-state index contributed by atoms with van der Waals surface area (Å²) in [5, 5.41) is 21.7. The second-order valence-electron chi connectivity index (χ2n) is 3.01. The predicted octanol–water partition coefficient (Wildman–Crippen LogP) is -0.179. The second kappa shape index (κ2) is 4.69. The molecule has 0 spiro atoms. The molecule has 1 rings (SSSR count). The van der Waals surface area contributed by atoms with Crippen LogP contribution in [0.25, 0.3) is 0 Å². The number of nitro groups is 1. The number of aliphatic hydroxyl groups is 1. The fraction of sp³-hybridized carbons (Fsp3) is 0.333. The Balaban J connectivity index is 2.77. The number of aliphatic hydroxyl groups excluding tert-OH is 1. The first-order chi connectivity index (χ1) is 6.65. The summed E-state index contributed by atoms with van der Waals surface area (Å²) in [6.45, 7) is 0.553. The van der Waals surface area contributed by atoms with Gasteiger partial charge in [-0.1, -0.05) is 0 Å². The van der Waals surface area contributed by atoms with Crippen molar-refractivity contribution in [2.24, 2.45) is 0 Å². The van der Waals surface area contributed by atoms with Gasteiger partial charge in [-0.2, -0.15) is 0 Å². The molecule has 3 N–H and O–H groups in total. The van der Waals surface area contributed by atoms with E-state index >= 15 is 0 Å². The summed E-state index contributed by atoms with van der Waals surface area (Å²) in [7, 11) is 1.86. The zero-order valence-corrected chi connectivity index (χ0v) is 7.88. The molecule has 0 heterocycles. The number of nitro benzene ring substituents is 1. The number of hydrogen-bond donors (Lipinski definition) is 2. The van der Waals surface area contributed by atoms with E-state index in [1.807, 2.05) is 12.4 Å². The Bertz CT molecular complexity index is 310. The molecule has 76 valence electrons. The lowest BCUT2D eigenvalue weighted by atomic mass is 10.1. The summed E-state index contributed by atoms with van der Waals surface area (Å²) in [5.41, 5.74) is 0.745. The fourth-order valence-electron chi connectivity index (χ4n) is 1.18. The molecular formula is C9H13N2O3+. The topological polar surface area (TPSA) is 80.0 Å². The van der Waals surface area contributed by atoms with Crippen LogP contribution in [-0.2, 0) is 0 Å². The van der Waals surface area contributed by atoms with Crippen molar-refractivity contribution < 1.29 is 15.3 Å². The van der Waals surface area contributed by atoms with Crippen LogP contribution < -0.4 is 5.32 Å². The van der Waals surface area contributed by atoms with E-state index in [4.69, 9.17) is 0 Å². The van der Waals surface area contributed by atoms with Gasteiger partial charge in [0.1, 0.15) is 12.6 Å². The molecule has 0 amide bonds. The molecule has 0 aliphatic heterocycles. The maximum Gasteiger partial charge on any atom is 0.269 e. The number of non-ortho nitro benzene ring substituents is 1. The number of likely N-dealkylation sites (N-methyl/N-ethyl adjacent to an activating group) is 1. The van der Waals surface area contributed by atoms with Gasteiger partial charge in [0.25, 0.3) is 5.69 Å². The lowest BCUT2D eigenvalue weighted by molar-refractivity contribution is -0.634. The molecule has 0 saturated heterocycles. The van der Waals surface area contributed by atoms with Gasteiger partial charge in [0.05, 0.1) is 12.0 Å². The molecular weight excluding hydrogens is 184 g/mol. The first kappa shape index (κ1) is 10.6. The van der Waals surface area contributed by atoms with Crippen LogP contribution in [0.4, 0.5) is 5.69 Å². The average Bonchev–Trinajstić information content (AvgIpc) is 2.18. The van der Waals surface area contributed by atoms with Gasteiger partial charge in [-0.05, 0) is 17.7 Å². The SMILES string of the molecule is C[NH2+]C[C@@H](O)c1ccc([N+](=O)[O-])cc1. The van der Waals surface area contributed by atoms with Crippen LogP contribution >= 0.6 is 0 Å². The van der Waals surface area contributed by atoms with Crippen molar-refractivity contribution in [2.45, 2.75) is 6.10 Å². The zero-order valence-electron chi connectivity index (χ0n) is 7.88. The summed E-state index contributed by atoms with van der Waals surface area (Å²) in [5.74, 6) is 0. The number of quaternary nitrogens is 1. The van der Waals surface area contributed by atoms with Crippen LogP contribution in [0.3, 0.4) is 0 Å². The van der Waals surface area contributed by atoms with Crippen molar-refractivity contribution in [1.29, 1.82) is 0 Å². The Kier molecular flexibility index (Phi) is 3.55.